The second-order valence-electron chi connectivity index (χ2n) is 18.9. The number of hydrogen-bond acceptors (Lipinski definition) is 5. The van der Waals surface area contributed by atoms with Gasteiger partial charge in [-0.25, -0.2) is 4.57 Å². The summed E-state index contributed by atoms with van der Waals surface area (Å²) >= 11 is 0. The monoisotopic (exact) mass is 858 g/mol. The molecule has 59 heavy (non-hydrogen) atoms. The molecular weight excluding hydrogens is 756 g/mol. The van der Waals surface area contributed by atoms with E-state index in [1.807, 2.05) is 27.2 Å². The van der Waals surface area contributed by atoms with Crippen LogP contribution in [0.15, 0.2) is 12.2 Å². The van der Waals surface area contributed by atoms with Crippen molar-refractivity contribution in [1.29, 1.82) is 0 Å². The Balaban J connectivity index is 4.21. The maximum atomic E-state index is 12.9. The van der Waals surface area contributed by atoms with E-state index in [2.05, 4.69) is 19.2 Å². The van der Waals surface area contributed by atoms with Crippen molar-refractivity contribution in [3.63, 3.8) is 0 Å². The molecular formula is C50H102N2O6P+. The number of phosphoric acid groups is 1. The number of aliphatic hydroxyl groups is 1. The number of likely N-dealkylation sites (N-methyl/N-ethyl adjacent to an activating group) is 1. The Morgan fingerprint density at radius 3 is 1.25 bits per heavy atom. The van der Waals surface area contributed by atoms with Crippen LogP contribution >= 0.6 is 7.82 Å². The highest BCUT2D eigenvalue weighted by atomic mass is 31.2. The number of rotatable bonds is 47. The minimum atomic E-state index is -4.33. The third kappa shape index (κ3) is 45.1. The van der Waals surface area contributed by atoms with Crippen molar-refractivity contribution < 1.29 is 32.9 Å². The summed E-state index contributed by atoms with van der Waals surface area (Å²) in [5.74, 6) is -0.172. The number of aliphatic hydroxyl groups excluding tert-OH is 1. The zero-order valence-corrected chi connectivity index (χ0v) is 40.9. The van der Waals surface area contributed by atoms with Gasteiger partial charge in [0, 0.05) is 6.42 Å². The molecule has 1 amide bonds. The van der Waals surface area contributed by atoms with Gasteiger partial charge in [-0.1, -0.05) is 238 Å². The zero-order valence-electron chi connectivity index (χ0n) is 40.0. The van der Waals surface area contributed by atoms with Crippen LogP contribution in [0.3, 0.4) is 0 Å². The third-order valence-electron chi connectivity index (χ3n) is 11.8. The van der Waals surface area contributed by atoms with Crippen molar-refractivity contribution >= 4 is 13.7 Å². The van der Waals surface area contributed by atoms with Crippen molar-refractivity contribution in [2.75, 3.05) is 40.9 Å². The van der Waals surface area contributed by atoms with Crippen molar-refractivity contribution in [2.24, 2.45) is 0 Å². The van der Waals surface area contributed by atoms with E-state index in [9.17, 15) is 19.4 Å². The second kappa shape index (κ2) is 42.5. The van der Waals surface area contributed by atoms with E-state index in [4.69, 9.17) is 9.05 Å². The number of carbonyl (C=O) groups is 1. The van der Waals surface area contributed by atoms with Gasteiger partial charge in [-0.2, -0.15) is 0 Å². The van der Waals surface area contributed by atoms with Gasteiger partial charge in [-0.05, 0) is 19.3 Å². The summed E-state index contributed by atoms with van der Waals surface area (Å²) < 4.78 is 23.6. The Morgan fingerprint density at radius 1 is 0.559 bits per heavy atom. The lowest BCUT2D eigenvalue weighted by molar-refractivity contribution is -0.870. The summed E-state index contributed by atoms with van der Waals surface area (Å²) in [5.41, 5.74) is 0. The summed E-state index contributed by atoms with van der Waals surface area (Å²) in [6.45, 7) is 4.84. The predicted molar refractivity (Wildman–Crippen MR) is 254 cm³/mol. The van der Waals surface area contributed by atoms with E-state index in [1.54, 1.807) is 6.08 Å². The fourth-order valence-electron chi connectivity index (χ4n) is 7.69. The number of allylic oxidation sites excluding steroid dienone is 1. The van der Waals surface area contributed by atoms with Gasteiger partial charge in [0.25, 0.3) is 0 Å². The van der Waals surface area contributed by atoms with Crippen molar-refractivity contribution in [1.82, 2.24) is 5.32 Å². The topological polar surface area (TPSA) is 105 Å². The van der Waals surface area contributed by atoms with Gasteiger partial charge in [0.15, 0.2) is 0 Å². The SMILES string of the molecule is CCCCCCCCCCCCCC/C=C/C(O)C(COP(=O)(O)OCC[N+](C)(C)C)NC(=O)CCCCCCCCCCCCCCCCCCCCCCCCC. The molecule has 0 spiro atoms. The molecule has 0 aliphatic heterocycles. The van der Waals surface area contributed by atoms with Crippen LogP contribution in [-0.2, 0) is 18.4 Å². The largest absolute Gasteiger partial charge is 0.472 e. The smallest absolute Gasteiger partial charge is 0.387 e. The minimum absolute atomic E-state index is 0.0648. The van der Waals surface area contributed by atoms with Gasteiger partial charge in [0.1, 0.15) is 13.2 Å². The van der Waals surface area contributed by atoms with Crippen LogP contribution in [-0.4, -0.2) is 73.4 Å². The summed E-state index contributed by atoms with van der Waals surface area (Å²) in [4.78, 5) is 23.2. The van der Waals surface area contributed by atoms with Gasteiger partial charge in [0.2, 0.25) is 5.91 Å². The van der Waals surface area contributed by atoms with Crippen molar-refractivity contribution in [3.8, 4) is 0 Å². The molecule has 3 atom stereocenters. The molecule has 0 aromatic heterocycles. The van der Waals surface area contributed by atoms with E-state index in [0.717, 1.165) is 38.5 Å². The molecule has 8 nitrogen and oxygen atoms in total. The number of unbranched alkanes of at least 4 members (excludes halogenated alkanes) is 34. The van der Waals surface area contributed by atoms with Crippen molar-refractivity contribution in [3.05, 3.63) is 12.2 Å². The molecule has 0 radical (unpaired) electrons. The van der Waals surface area contributed by atoms with Crippen LogP contribution in [0.4, 0.5) is 0 Å². The van der Waals surface area contributed by atoms with Crippen LogP contribution < -0.4 is 5.32 Å². The highest BCUT2D eigenvalue weighted by Gasteiger charge is 2.27. The number of nitrogens with zero attached hydrogens (tertiary/aromatic N) is 1. The zero-order chi connectivity index (χ0) is 43.6. The van der Waals surface area contributed by atoms with E-state index in [-0.39, 0.29) is 19.1 Å². The first kappa shape index (κ1) is 58.2. The molecule has 0 heterocycles. The van der Waals surface area contributed by atoms with Gasteiger partial charge in [-0.3, -0.25) is 13.8 Å². The molecule has 0 bridgehead atoms. The number of phosphoric ester groups is 1. The lowest BCUT2D eigenvalue weighted by Crippen LogP contribution is -2.45. The second-order valence-corrected chi connectivity index (χ2v) is 20.4. The maximum absolute atomic E-state index is 12.9. The normalized spacial score (nSPS) is 14.2. The average molecular weight is 858 g/mol. The standard InChI is InChI=1S/C50H101N2O6P/c1-6-8-10-12-14-16-18-20-22-23-24-25-26-27-28-29-30-32-34-36-38-40-42-44-50(54)51-48(47-58-59(55,56)57-46-45-52(3,4)5)49(53)43-41-39-37-35-33-31-21-19-17-15-13-11-9-7-2/h41,43,48-49,53H,6-40,42,44-47H2,1-5H3,(H-,51,54,55,56)/p+1/b43-41+. The molecule has 3 unspecified atom stereocenters. The fraction of sp³-hybridized carbons (Fsp3) is 0.940. The summed E-state index contributed by atoms with van der Waals surface area (Å²) in [6.07, 6.45) is 50.0. The highest BCUT2D eigenvalue weighted by molar-refractivity contribution is 7.47. The van der Waals surface area contributed by atoms with Crippen molar-refractivity contribution in [2.45, 2.75) is 264 Å². The maximum Gasteiger partial charge on any atom is 0.472 e. The minimum Gasteiger partial charge on any atom is -0.387 e. The Hall–Kier alpha value is -0.760. The molecule has 0 aromatic rings. The van der Waals surface area contributed by atoms with Gasteiger partial charge in [-0.15, -0.1) is 0 Å². The van der Waals surface area contributed by atoms with E-state index in [0.29, 0.717) is 17.4 Å². The van der Waals surface area contributed by atoms with Crippen LogP contribution in [0.5, 0.6) is 0 Å². The predicted octanol–water partition coefficient (Wildman–Crippen LogP) is 14.7. The van der Waals surface area contributed by atoms with Crippen LogP contribution in [0, 0.1) is 0 Å². The van der Waals surface area contributed by atoms with Gasteiger partial charge >= 0.3 is 7.82 Å². The van der Waals surface area contributed by atoms with Crippen LogP contribution in [0.25, 0.3) is 0 Å². The number of nitrogens with one attached hydrogen (secondary N) is 1. The average Bonchev–Trinajstić information content (AvgIpc) is 3.19. The number of hydrogen-bond donors (Lipinski definition) is 3. The van der Waals surface area contributed by atoms with E-state index in [1.165, 1.54) is 193 Å². The first-order chi connectivity index (χ1) is 28.5. The molecule has 3 N–H and O–H groups in total. The summed E-state index contributed by atoms with van der Waals surface area (Å²) in [6, 6.07) is -0.840. The fourth-order valence-corrected chi connectivity index (χ4v) is 8.43. The first-order valence-electron chi connectivity index (χ1n) is 25.6. The lowest BCUT2D eigenvalue weighted by Gasteiger charge is -2.25. The first-order valence-corrected chi connectivity index (χ1v) is 27.1. The Morgan fingerprint density at radius 2 is 0.898 bits per heavy atom. The van der Waals surface area contributed by atoms with Gasteiger partial charge < -0.3 is 19.8 Å². The number of quaternary nitrogens is 1. The Labute approximate surface area is 367 Å². The van der Waals surface area contributed by atoms with E-state index >= 15 is 0 Å². The lowest BCUT2D eigenvalue weighted by atomic mass is 10.0. The molecule has 0 saturated carbocycles. The number of carbonyl (C=O) groups excluding carboxylic acids is 1. The number of amides is 1. The molecule has 0 aliphatic rings. The molecule has 9 heteroatoms. The Bertz CT molecular complexity index is 974. The van der Waals surface area contributed by atoms with Crippen LogP contribution in [0.2, 0.25) is 0 Å². The van der Waals surface area contributed by atoms with Crippen LogP contribution in [0.1, 0.15) is 251 Å². The molecule has 0 aromatic carbocycles. The molecule has 0 aliphatic carbocycles. The quantitative estimate of drug-likeness (QED) is 0.0244. The summed E-state index contributed by atoms with van der Waals surface area (Å²) in [7, 11) is 1.58. The summed E-state index contributed by atoms with van der Waals surface area (Å²) in [5, 5.41) is 13.9. The third-order valence-corrected chi connectivity index (χ3v) is 12.7. The van der Waals surface area contributed by atoms with E-state index < -0.39 is 20.0 Å². The molecule has 0 fully saturated rings. The molecule has 0 saturated heterocycles. The Kier molecular flexibility index (Phi) is 42.0. The van der Waals surface area contributed by atoms with Gasteiger partial charge in [0.05, 0.1) is 39.9 Å². The molecule has 352 valence electrons. The molecule has 0 rings (SSSR count). The highest BCUT2D eigenvalue weighted by Crippen LogP contribution is 2.43.